The van der Waals surface area contributed by atoms with Crippen LogP contribution in [0.3, 0.4) is 0 Å². The van der Waals surface area contributed by atoms with Crippen molar-refractivity contribution in [2.75, 3.05) is 18.6 Å². The zero-order valence-corrected chi connectivity index (χ0v) is 17.5. The van der Waals surface area contributed by atoms with Crippen LogP contribution in [-0.2, 0) is 30.8 Å². The second kappa shape index (κ2) is 8.14. The number of hydrogen-bond acceptors (Lipinski definition) is 9. The molecule has 2 aliphatic heterocycles. The average molecular weight is 448 g/mol. The summed E-state index contributed by atoms with van der Waals surface area (Å²) in [6.45, 7) is -0.196. The number of hydrazone groups is 1. The number of carbonyl (C=O) groups is 2. The maximum atomic E-state index is 12.6. The molecule has 0 N–H and O–H groups in total. The van der Waals surface area contributed by atoms with E-state index in [2.05, 4.69) is 5.10 Å². The van der Waals surface area contributed by atoms with Gasteiger partial charge in [0.15, 0.2) is 9.84 Å². The van der Waals surface area contributed by atoms with Crippen LogP contribution in [-0.4, -0.2) is 55.7 Å². The zero-order chi connectivity index (χ0) is 22.2. The summed E-state index contributed by atoms with van der Waals surface area (Å²) in [6, 6.07) is 5.62. The van der Waals surface area contributed by atoms with E-state index in [9.17, 15) is 22.8 Å². The van der Waals surface area contributed by atoms with Crippen molar-refractivity contribution in [1.82, 2.24) is 5.01 Å². The second-order valence-corrected chi connectivity index (χ2v) is 9.60. The molecule has 3 heterocycles. The van der Waals surface area contributed by atoms with Gasteiger partial charge in [-0.25, -0.2) is 23.0 Å². The van der Waals surface area contributed by atoms with Crippen LogP contribution in [0.25, 0.3) is 11.0 Å². The lowest BCUT2D eigenvalue weighted by Gasteiger charge is -2.27. The van der Waals surface area contributed by atoms with Gasteiger partial charge in [0, 0.05) is 35.9 Å². The van der Waals surface area contributed by atoms with Crippen molar-refractivity contribution in [3.05, 3.63) is 40.2 Å². The molecule has 2 aromatic rings. The van der Waals surface area contributed by atoms with Crippen LogP contribution < -0.4 is 10.4 Å². The molecule has 10 nitrogen and oxygen atoms in total. The van der Waals surface area contributed by atoms with Gasteiger partial charge in [0.2, 0.25) is 5.91 Å². The highest BCUT2D eigenvalue weighted by Gasteiger charge is 2.37. The monoisotopic (exact) mass is 448 g/mol. The molecule has 0 radical (unpaired) electrons. The molecule has 0 spiro atoms. The van der Waals surface area contributed by atoms with E-state index in [1.54, 1.807) is 18.2 Å². The molecule has 164 valence electrons. The van der Waals surface area contributed by atoms with E-state index in [1.165, 1.54) is 13.2 Å². The van der Waals surface area contributed by atoms with Crippen LogP contribution in [0.15, 0.2) is 38.6 Å². The molecule has 1 aromatic heterocycles. The fourth-order valence-corrected chi connectivity index (χ4v) is 5.35. The molecule has 0 aliphatic carbocycles. The van der Waals surface area contributed by atoms with Crippen LogP contribution in [0.1, 0.15) is 24.8 Å². The Morgan fingerprint density at radius 2 is 2.06 bits per heavy atom. The number of nitrogens with zero attached hydrogens (tertiary/aromatic N) is 2. The standard InChI is InChI=1S/C20H20N2O8S/c1-28-14-2-3-15-12(8-19(24)30-17(15)9-14)10-29-20(25)16-4-5-18(23)22(21-16)13-6-7-31(26,27)11-13/h2-3,8-9,13H,4-7,10-11H2,1H3. The van der Waals surface area contributed by atoms with Crippen LogP contribution in [0.2, 0.25) is 0 Å². The Balaban J connectivity index is 1.51. The number of amides is 1. The molecule has 1 atom stereocenters. The summed E-state index contributed by atoms with van der Waals surface area (Å²) in [4.78, 5) is 36.6. The quantitative estimate of drug-likeness (QED) is 0.489. The maximum absolute atomic E-state index is 12.6. The molecule has 0 bridgehead atoms. The molecule has 4 rings (SSSR count). The number of ether oxygens (including phenoxy) is 2. The summed E-state index contributed by atoms with van der Waals surface area (Å²) in [7, 11) is -1.72. The van der Waals surface area contributed by atoms with Gasteiger partial charge in [-0.3, -0.25) is 4.79 Å². The summed E-state index contributed by atoms with van der Waals surface area (Å²) in [5, 5.41) is 5.78. The van der Waals surface area contributed by atoms with Crippen molar-refractivity contribution < 1.29 is 31.9 Å². The molecule has 1 unspecified atom stereocenters. The Hall–Kier alpha value is -3.21. The zero-order valence-electron chi connectivity index (χ0n) is 16.7. The first-order chi connectivity index (χ1) is 14.8. The Bertz CT molecular complexity index is 1250. The van der Waals surface area contributed by atoms with E-state index >= 15 is 0 Å². The van der Waals surface area contributed by atoms with Crippen LogP contribution in [0.4, 0.5) is 0 Å². The molecule has 31 heavy (non-hydrogen) atoms. The molecular formula is C20H20N2O8S. The number of fused-ring (bicyclic) bond motifs is 1. The average Bonchev–Trinajstić information content (AvgIpc) is 3.10. The number of rotatable bonds is 5. The van der Waals surface area contributed by atoms with Gasteiger partial charge in [0.05, 0.1) is 24.7 Å². The summed E-state index contributed by atoms with van der Waals surface area (Å²) in [5.41, 5.74) is 0.194. The lowest BCUT2D eigenvalue weighted by atomic mass is 10.1. The Labute approximate surface area is 177 Å². The van der Waals surface area contributed by atoms with Gasteiger partial charge in [-0.2, -0.15) is 5.10 Å². The fourth-order valence-electron chi connectivity index (χ4n) is 3.66. The van der Waals surface area contributed by atoms with Gasteiger partial charge < -0.3 is 13.9 Å². The minimum absolute atomic E-state index is 0.00873. The highest BCUT2D eigenvalue weighted by Crippen LogP contribution is 2.24. The van der Waals surface area contributed by atoms with Gasteiger partial charge in [-0.1, -0.05) is 0 Å². The van der Waals surface area contributed by atoms with Crippen molar-refractivity contribution >= 4 is 38.4 Å². The van der Waals surface area contributed by atoms with Gasteiger partial charge in [0.1, 0.15) is 23.7 Å². The van der Waals surface area contributed by atoms with Crippen molar-refractivity contribution in [2.24, 2.45) is 5.10 Å². The highest BCUT2D eigenvalue weighted by molar-refractivity contribution is 7.91. The third kappa shape index (κ3) is 4.46. The Kier molecular flexibility index (Phi) is 5.52. The van der Waals surface area contributed by atoms with E-state index < -0.39 is 27.5 Å². The van der Waals surface area contributed by atoms with E-state index in [4.69, 9.17) is 13.9 Å². The minimum atomic E-state index is -3.21. The molecule has 1 amide bonds. The van der Waals surface area contributed by atoms with Crippen molar-refractivity contribution in [3.8, 4) is 5.75 Å². The number of carbonyl (C=O) groups excluding carboxylic acids is 2. The molecule has 1 saturated heterocycles. The predicted octanol–water partition coefficient (Wildman–Crippen LogP) is 1.01. The van der Waals surface area contributed by atoms with Crippen LogP contribution >= 0.6 is 0 Å². The summed E-state index contributed by atoms with van der Waals surface area (Å²) in [5.74, 6) is -0.710. The molecule has 0 saturated carbocycles. The van der Waals surface area contributed by atoms with Crippen molar-refractivity contribution in [1.29, 1.82) is 0 Å². The number of methoxy groups -OCH3 is 1. The highest BCUT2D eigenvalue weighted by atomic mass is 32.2. The third-order valence-electron chi connectivity index (χ3n) is 5.25. The maximum Gasteiger partial charge on any atom is 0.354 e. The number of hydrogen-bond donors (Lipinski definition) is 0. The Morgan fingerprint density at radius 3 is 2.77 bits per heavy atom. The van der Waals surface area contributed by atoms with Gasteiger partial charge >= 0.3 is 11.6 Å². The van der Waals surface area contributed by atoms with E-state index in [-0.39, 0.29) is 49.0 Å². The smallest absolute Gasteiger partial charge is 0.354 e. The normalized spacial score (nSPS) is 20.5. The summed E-state index contributed by atoms with van der Waals surface area (Å²) < 4.78 is 39.1. The van der Waals surface area contributed by atoms with Crippen molar-refractivity contribution in [2.45, 2.75) is 31.9 Å². The summed E-state index contributed by atoms with van der Waals surface area (Å²) in [6.07, 6.45) is 0.430. The van der Waals surface area contributed by atoms with Gasteiger partial charge in [-0.15, -0.1) is 0 Å². The molecule has 11 heteroatoms. The van der Waals surface area contributed by atoms with Crippen LogP contribution in [0, 0.1) is 0 Å². The largest absolute Gasteiger partial charge is 0.497 e. The van der Waals surface area contributed by atoms with E-state index in [1.807, 2.05) is 0 Å². The number of esters is 1. The van der Waals surface area contributed by atoms with Crippen LogP contribution in [0.5, 0.6) is 5.75 Å². The molecular weight excluding hydrogens is 428 g/mol. The van der Waals surface area contributed by atoms with Gasteiger partial charge in [0.25, 0.3) is 0 Å². The second-order valence-electron chi connectivity index (χ2n) is 7.37. The SMILES string of the molecule is COc1ccc2c(COC(=O)C3=NN(C4CCS(=O)(=O)C4)C(=O)CC3)cc(=O)oc2c1. The Morgan fingerprint density at radius 1 is 1.26 bits per heavy atom. The molecule has 1 aromatic carbocycles. The third-order valence-corrected chi connectivity index (χ3v) is 7.00. The van der Waals surface area contributed by atoms with E-state index in [0.29, 0.717) is 22.3 Å². The van der Waals surface area contributed by atoms with Crippen molar-refractivity contribution in [3.63, 3.8) is 0 Å². The number of sulfone groups is 1. The molecule has 1 fully saturated rings. The fraction of sp³-hybridized carbons (Fsp3) is 0.400. The predicted molar refractivity (Wildman–Crippen MR) is 109 cm³/mol. The molecule has 2 aliphatic rings. The first-order valence-corrected chi connectivity index (χ1v) is 11.5. The topological polar surface area (TPSA) is 133 Å². The minimum Gasteiger partial charge on any atom is -0.497 e. The number of benzene rings is 1. The lowest BCUT2D eigenvalue weighted by Crippen LogP contribution is -2.42. The first kappa shape index (κ1) is 21.0. The van der Waals surface area contributed by atoms with E-state index in [0.717, 1.165) is 5.01 Å². The first-order valence-electron chi connectivity index (χ1n) is 9.63. The lowest BCUT2D eigenvalue weighted by molar-refractivity contribution is -0.138. The summed E-state index contributed by atoms with van der Waals surface area (Å²) >= 11 is 0. The van der Waals surface area contributed by atoms with Gasteiger partial charge in [-0.05, 0) is 18.6 Å².